The fraction of sp³-hybridized carbons (Fsp3) is 0.421. The molecule has 1 aromatic heterocycles. The van der Waals surface area contributed by atoms with E-state index in [9.17, 15) is 14.0 Å². The number of carbonyl (C=O) groups is 2. The predicted molar refractivity (Wildman–Crippen MR) is 100 cm³/mol. The Morgan fingerprint density at radius 1 is 1.33 bits per heavy atom. The Labute approximate surface area is 157 Å². The number of halogens is 1. The number of hydrogen-bond acceptors (Lipinski definition) is 3. The van der Waals surface area contributed by atoms with E-state index in [1.54, 1.807) is 29.0 Å². The van der Waals surface area contributed by atoms with Crippen LogP contribution in [0.4, 0.5) is 14.9 Å². The van der Waals surface area contributed by atoms with Crippen LogP contribution >= 0.6 is 0 Å². The van der Waals surface area contributed by atoms with Crippen molar-refractivity contribution in [2.75, 3.05) is 25.0 Å². The maximum absolute atomic E-state index is 13.1. The van der Waals surface area contributed by atoms with Crippen LogP contribution in [0.3, 0.4) is 0 Å². The Hall–Kier alpha value is -2.90. The van der Waals surface area contributed by atoms with E-state index in [4.69, 9.17) is 0 Å². The number of likely N-dealkylation sites (N-methyl/N-ethyl adjacent to an activating group) is 1. The first kappa shape index (κ1) is 18.9. The number of aryl methyl sites for hydroxylation is 2. The molecule has 1 aliphatic heterocycles. The average Bonchev–Trinajstić information content (AvgIpc) is 3.14. The van der Waals surface area contributed by atoms with Crippen LogP contribution in [0, 0.1) is 19.7 Å². The number of amides is 3. The predicted octanol–water partition coefficient (Wildman–Crippen LogP) is 2.09. The second-order valence-electron chi connectivity index (χ2n) is 6.90. The van der Waals surface area contributed by atoms with E-state index in [0.29, 0.717) is 25.3 Å². The highest BCUT2D eigenvalue weighted by molar-refractivity contribution is 5.96. The molecule has 1 saturated heterocycles. The molecule has 0 aliphatic carbocycles. The largest absolute Gasteiger partial charge is 0.333 e. The maximum atomic E-state index is 13.1. The quantitative estimate of drug-likeness (QED) is 0.872. The van der Waals surface area contributed by atoms with Crippen LogP contribution in [0.1, 0.15) is 17.8 Å². The summed E-state index contributed by atoms with van der Waals surface area (Å²) < 4.78 is 14.9. The molecule has 1 N–H and O–H groups in total. The minimum Gasteiger partial charge on any atom is -0.333 e. The maximum Gasteiger partial charge on any atom is 0.317 e. The molecule has 7 nitrogen and oxygen atoms in total. The Balaban J connectivity index is 1.52. The van der Waals surface area contributed by atoms with Crippen molar-refractivity contribution >= 4 is 17.6 Å². The number of hydrogen-bond donors (Lipinski definition) is 1. The highest BCUT2D eigenvalue weighted by Gasteiger charge is 2.32. The molecule has 1 aliphatic rings. The zero-order valence-electron chi connectivity index (χ0n) is 15.8. The van der Waals surface area contributed by atoms with Crippen molar-refractivity contribution in [1.82, 2.24) is 20.0 Å². The highest BCUT2D eigenvalue weighted by Crippen LogP contribution is 2.21. The Morgan fingerprint density at radius 3 is 2.67 bits per heavy atom. The lowest BCUT2D eigenvalue weighted by Gasteiger charge is -2.21. The summed E-state index contributed by atoms with van der Waals surface area (Å²) in [5, 5.41) is 7.28. The number of aromatic nitrogens is 2. The monoisotopic (exact) mass is 373 g/mol. The van der Waals surface area contributed by atoms with Crippen molar-refractivity contribution in [2.45, 2.75) is 32.9 Å². The highest BCUT2D eigenvalue weighted by atomic mass is 19.1. The summed E-state index contributed by atoms with van der Waals surface area (Å²) in [7, 11) is 1.72. The molecule has 2 heterocycles. The van der Waals surface area contributed by atoms with Gasteiger partial charge in [0.1, 0.15) is 5.82 Å². The van der Waals surface area contributed by atoms with Gasteiger partial charge in [0.15, 0.2) is 0 Å². The van der Waals surface area contributed by atoms with Gasteiger partial charge in [-0.15, -0.1) is 0 Å². The van der Waals surface area contributed by atoms with Crippen LogP contribution in [-0.4, -0.2) is 52.8 Å². The van der Waals surface area contributed by atoms with Crippen molar-refractivity contribution in [1.29, 1.82) is 0 Å². The van der Waals surface area contributed by atoms with Crippen molar-refractivity contribution in [3.05, 3.63) is 47.5 Å². The van der Waals surface area contributed by atoms with E-state index >= 15 is 0 Å². The van der Waals surface area contributed by atoms with Crippen molar-refractivity contribution in [2.24, 2.45) is 0 Å². The summed E-state index contributed by atoms with van der Waals surface area (Å²) in [6.07, 6.45) is 0.231. The van der Waals surface area contributed by atoms with E-state index < -0.39 is 0 Å². The summed E-state index contributed by atoms with van der Waals surface area (Å²) in [5.41, 5.74) is 2.64. The van der Waals surface area contributed by atoms with Crippen LogP contribution < -0.4 is 10.2 Å². The van der Waals surface area contributed by atoms with E-state index in [1.807, 2.05) is 24.6 Å². The van der Waals surface area contributed by atoms with E-state index in [0.717, 1.165) is 11.4 Å². The molecule has 27 heavy (non-hydrogen) atoms. The van der Waals surface area contributed by atoms with E-state index in [-0.39, 0.29) is 30.2 Å². The van der Waals surface area contributed by atoms with Gasteiger partial charge in [0, 0.05) is 37.9 Å². The van der Waals surface area contributed by atoms with Crippen molar-refractivity contribution < 1.29 is 14.0 Å². The SMILES string of the molecule is Cc1cc(C)n(CCN(C)C(=O)N[C@@H]2CC(=O)N(c3ccc(F)cc3)C2)n1. The third-order valence-corrected chi connectivity index (χ3v) is 4.69. The van der Waals surface area contributed by atoms with Crippen LogP contribution in [-0.2, 0) is 11.3 Å². The van der Waals surface area contributed by atoms with Gasteiger partial charge >= 0.3 is 6.03 Å². The van der Waals surface area contributed by atoms with Gasteiger partial charge in [0.05, 0.1) is 18.3 Å². The first-order valence-electron chi connectivity index (χ1n) is 8.92. The normalized spacial score (nSPS) is 16.7. The first-order valence-corrected chi connectivity index (χ1v) is 8.92. The third kappa shape index (κ3) is 4.45. The first-order chi connectivity index (χ1) is 12.8. The Morgan fingerprint density at radius 2 is 2.04 bits per heavy atom. The number of benzene rings is 1. The average molecular weight is 373 g/mol. The van der Waals surface area contributed by atoms with Crippen LogP contribution in [0.2, 0.25) is 0 Å². The van der Waals surface area contributed by atoms with Crippen molar-refractivity contribution in [3.63, 3.8) is 0 Å². The molecule has 0 radical (unpaired) electrons. The fourth-order valence-corrected chi connectivity index (χ4v) is 3.21. The van der Waals surface area contributed by atoms with Gasteiger partial charge in [-0.1, -0.05) is 0 Å². The molecule has 144 valence electrons. The van der Waals surface area contributed by atoms with Gasteiger partial charge in [0.25, 0.3) is 0 Å². The van der Waals surface area contributed by atoms with Gasteiger partial charge in [0.2, 0.25) is 5.91 Å². The molecule has 0 spiro atoms. The molecule has 0 saturated carbocycles. The number of rotatable bonds is 5. The molecular weight excluding hydrogens is 349 g/mol. The molecule has 8 heteroatoms. The summed E-state index contributed by atoms with van der Waals surface area (Å²) in [5.74, 6) is -0.434. The van der Waals surface area contributed by atoms with E-state index in [1.165, 1.54) is 12.1 Å². The zero-order valence-corrected chi connectivity index (χ0v) is 15.8. The molecule has 2 aromatic rings. The van der Waals surface area contributed by atoms with Gasteiger partial charge in [-0.25, -0.2) is 9.18 Å². The lowest BCUT2D eigenvalue weighted by molar-refractivity contribution is -0.117. The number of anilines is 1. The second-order valence-corrected chi connectivity index (χ2v) is 6.90. The fourth-order valence-electron chi connectivity index (χ4n) is 3.21. The van der Waals surface area contributed by atoms with Crippen molar-refractivity contribution in [3.8, 4) is 0 Å². The summed E-state index contributed by atoms with van der Waals surface area (Å²) >= 11 is 0. The van der Waals surface area contributed by atoms with Crippen LogP contribution in [0.15, 0.2) is 30.3 Å². The number of nitrogens with zero attached hydrogens (tertiary/aromatic N) is 4. The number of nitrogens with one attached hydrogen (secondary N) is 1. The standard InChI is InChI=1S/C19H24FN5O2/c1-13-10-14(2)25(22-13)9-8-23(3)19(27)21-16-11-18(26)24(12-16)17-6-4-15(20)5-7-17/h4-7,10,16H,8-9,11-12H2,1-3H3,(H,21,27)/t16-/m1/s1. The second kappa shape index (κ2) is 7.77. The lowest BCUT2D eigenvalue weighted by atomic mass is 10.2. The number of urea groups is 1. The Kier molecular flexibility index (Phi) is 5.43. The minimum atomic E-state index is -0.348. The molecule has 0 unspecified atom stereocenters. The molecule has 3 amide bonds. The number of carbonyl (C=O) groups excluding carboxylic acids is 2. The molecule has 0 bridgehead atoms. The van der Waals surface area contributed by atoms with Gasteiger partial charge in [-0.3, -0.25) is 9.48 Å². The van der Waals surface area contributed by atoms with Gasteiger partial charge in [-0.05, 0) is 44.2 Å². The summed E-state index contributed by atoms with van der Waals surface area (Å²) in [6.45, 7) is 5.41. The van der Waals surface area contributed by atoms with Gasteiger partial charge in [-0.2, -0.15) is 5.10 Å². The molecule has 1 fully saturated rings. The van der Waals surface area contributed by atoms with E-state index in [2.05, 4.69) is 10.4 Å². The van der Waals surface area contributed by atoms with Crippen LogP contribution in [0.25, 0.3) is 0 Å². The zero-order chi connectivity index (χ0) is 19.6. The smallest absolute Gasteiger partial charge is 0.317 e. The lowest BCUT2D eigenvalue weighted by Crippen LogP contribution is -2.45. The molecule has 3 rings (SSSR count). The minimum absolute atomic E-state index is 0.0859. The molecular formula is C19H24FN5O2. The topological polar surface area (TPSA) is 70.5 Å². The summed E-state index contributed by atoms with van der Waals surface area (Å²) in [6, 6.07) is 7.27. The third-order valence-electron chi connectivity index (χ3n) is 4.69. The van der Waals surface area contributed by atoms with Crippen LogP contribution in [0.5, 0.6) is 0 Å². The molecule has 1 aromatic carbocycles. The molecule has 1 atom stereocenters. The Bertz CT molecular complexity index is 833. The van der Waals surface area contributed by atoms with Gasteiger partial charge < -0.3 is 15.1 Å². The summed E-state index contributed by atoms with van der Waals surface area (Å²) in [4.78, 5) is 27.8.